The van der Waals surface area contributed by atoms with Gasteiger partial charge in [0.15, 0.2) is 11.5 Å². The third-order valence-electron chi connectivity index (χ3n) is 4.58. The van der Waals surface area contributed by atoms with Gasteiger partial charge < -0.3 is 24.8 Å². The van der Waals surface area contributed by atoms with Crippen molar-refractivity contribution in [1.29, 1.82) is 0 Å². The Morgan fingerprint density at radius 1 is 1.14 bits per heavy atom. The number of hydrogen-bond acceptors (Lipinski definition) is 7. The molecule has 0 unspecified atom stereocenters. The van der Waals surface area contributed by atoms with Gasteiger partial charge in [0.2, 0.25) is 12.7 Å². The van der Waals surface area contributed by atoms with E-state index in [2.05, 4.69) is 21.4 Å². The molecular weight excluding hydrogens is 368 g/mol. The highest BCUT2D eigenvalue weighted by Gasteiger charge is 2.16. The molecule has 2 N–H and O–H groups in total. The first-order valence-corrected chi connectivity index (χ1v) is 9.19. The van der Waals surface area contributed by atoms with E-state index in [1.165, 1.54) is 0 Å². The van der Waals surface area contributed by atoms with Crippen molar-refractivity contribution < 1.29 is 14.2 Å². The summed E-state index contributed by atoms with van der Waals surface area (Å²) in [7, 11) is 1.63. The van der Waals surface area contributed by atoms with Crippen LogP contribution in [0.3, 0.4) is 0 Å². The van der Waals surface area contributed by atoms with E-state index in [0.717, 1.165) is 34.1 Å². The minimum atomic E-state index is 0.208. The van der Waals surface area contributed by atoms with Crippen molar-refractivity contribution in [3.8, 4) is 28.5 Å². The van der Waals surface area contributed by atoms with Gasteiger partial charge in [0.1, 0.15) is 11.6 Å². The van der Waals surface area contributed by atoms with Gasteiger partial charge in [0.05, 0.1) is 12.8 Å². The predicted octanol–water partition coefficient (Wildman–Crippen LogP) is 3.66. The molecule has 0 aliphatic carbocycles. The van der Waals surface area contributed by atoms with Crippen LogP contribution in [-0.4, -0.2) is 30.4 Å². The molecule has 1 aliphatic rings. The standard InChI is InChI=1S/C22H22N4O3/c1-3-9-26(13-15-7-8-19-20(10-15)29-14-28-19)21-12-18(24-22(23)25-21)16-5-4-6-17(11-16)27-2/h3-8,10-12H,1,9,13-14H2,2H3,(H2,23,24,25). The van der Waals surface area contributed by atoms with Gasteiger partial charge in [-0.3, -0.25) is 0 Å². The molecule has 2 aromatic carbocycles. The number of nitrogen functional groups attached to an aromatic ring is 1. The summed E-state index contributed by atoms with van der Waals surface area (Å²) in [5.41, 5.74) is 8.72. The fourth-order valence-corrected chi connectivity index (χ4v) is 3.20. The van der Waals surface area contributed by atoms with Gasteiger partial charge >= 0.3 is 0 Å². The molecule has 1 aliphatic heterocycles. The average molecular weight is 390 g/mol. The molecule has 0 fully saturated rings. The van der Waals surface area contributed by atoms with Crippen molar-refractivity contribution in [2.24, 2.45) is 0 Å². The number of benzene rings is 2. The molecule has 2 heterocycles. The highest BCUT2D eigenvalue weighted by molar-refractivity contribution is 5.66. The van der Waals surface area contributed by atoms with Gasteiger partial charge in [-0.25, -0.2) is 4.98 Å². The van der Waals surface area contributed by atoms with Crippen LogP contribution in [0.1, 0.15) is 5.56 Å². The molecule has 0 radical (unpaired) electrons. The molecule has 29 heavy (non-hydrogen) atoms. The summed E-state index contributed by atoms with van der Waals surface area (Å²) in [6.07, 6.45) is 1.83. The van der Waals surface area contributed by atoms with E-state index in [-0.39, 0.29) is 12.7 Å². The van der Waals surface area contributed by atoms with E-state index in [4.69, 9.17) is 19.9 Å². The Bertz CT molecular complexity index is 1040. The third-order valence-corrected chi connectivity index (χ3v) is 4.58. The Morgan fingerprint density at radius 3 is 2.83 bits per heavy atom. The van der Waals surface area contributed by atoms with E-state index in [1.807, 2.05) is 54.6 Å². The molecule has 0 amide bonds. The molecular formula is C22H22N4O3. The number of nitrogens with two attached hydrogens (primary N) is 1. The number of nitrogens with zero attached hydrogens (tertiary/aromatic N) is 3. The lowest BCUT2D eigenvalue weighted by Gasteiger charge is -2.23. The van der Waals surface area contributed by atoms with Crippen LogP contribution in [0.25, 0.3) is 11.3 Å². The van der Waals surface area contributed by atoms with Crippen molar-refractivity contribution >= 4 is 11.8 Å². The van der Waals surface area contributed by atoms with Gasteiger partial charge in [-0.2, -0.15) is 4.98 Å². The topological polar surface area (TPSA) is 82.7 Å². The number of aromatic nitrogens is 2. The molecule has 0 bridgehead atoms. The summed E-state index contributed by atoms with van der Waals surface area (Å²) < 4.78 is 16.2. The summed E-state index contributed by atoms with van der Waals surface area (Å²) in [6.45, 7) is 5.33. The number of ether oxygens (including phenoxy) is 3. The second kappa shape index (κ2) is 8.10. The average Bonchev–Trinajstić information content (AvgIpc) is 3.21. The van der Waals surface area contributed by atoms with E-state index in [1.54, 1.807) is 7.11 Å². The molecule has 1 aromatic heterocycles. The Kier molecular flexibility index (Phi) is 5.20. The Labute approximate surface area is 169 Å². The monoisotopic (exact) mass is 390 g/mol. The van der Waals surface area contributed by atoms with Gasteiger partial charge in [-0.05, 0) is 29.8 Å². The Balaban J connectivity index is 1.66. The maximum Gasteiger partial charge on any atom is 0.231 e. The highest BCUT2D eigenvalue weighted by Crippen LogP contribution is 2.33. The minimum absolute atomic E-state index is 0.208. The maximum absolute atomic E-state index is 6.03. The number of rotatable bonds is 7. The number of methoxy groups -OCH3 is 1. The molecule has 0 atom stereocenters. The summed E-state index contributed by atoms with van der Waals surface area (Å²) in [5, 5.41) is 0. The third kappa shape index (κ3) is 4.08. The summed E-state index contributed by atoms with van der Waals surface area (Å²) >= 11 is 0. The number of hydrogen-bond donors (Lipinski definition) is 1. The normalized spacial score (nSPS) is 11.9. The second-order valence-corrected chi connectivity index (χ2v) is 6.56. The summed E-state index contributed by atoms with van der Waals surface area (Å²) in [6, 6.07) is 15.5. The summed E-state index contributed by atoms with van der Waals surface area (Å²) in [4.78, 5) is 10.9. The van der Waals surface area contributed by atoms with Crippen LogP contribution in [0.5, 0.6) is 17.2 Å². The molecule has 7 heteroatoms. The zero-order valence-electron chi connectivity index (χ0n) is 16.2. The fourth-order valence-electron chi connectivity index (χ4n) is 3.20. The SMILES string of the molecule is C=CCN(Cc1ccc2c(c1)OCO2)c1cc(-c2cccc(OC)c2)nc(N)n1. The Hall–Kier alpha value is -3.74. The number of anilines is 2. The van der Waals surface area contributed by atoms with E-state index in [0.29, 0.717) is 18.9 Å². The van der Waals surface area contributed by atoms with Crippen molar-refractivity contribution in [2.45, 2.75) is 6.54 Å². The van der Waals surface area contributed by atoms with Gasteiger partial charge in [-0.1, -0.05) is 24.3 Å². The lowest BCUT2D eigenvalue weighted by atomic mass is 10.1. The second-order valence-electron chi connectivity index (χ2n) is 6.56. The number of fused-ring (bicyclic) bond motifs is 1. The highest BCUT2D eigenvalue weighted by atomic mass is 16.7. The van der Waals surface area contributed by atoms with Gasteiger partial charge in [-0.15, -0.1) is 6.58 Å². The van der Waals surface area contributed by atoms with Crippen LogP contribution in [0.4, 0.5) is 11.8 Å². The zero-order chi connectivity index (χ0) is 20.2. The maximum atomic E-state index is 6.03. The molecule has 0 saturated heterocycles. The van der Waals surface area contributed by atoms with Crippen LogP contribution >= 0.6 is 0 Å². The minimum Gasteiger partial charge on any atom is -0.497 e. The van der Waals surface area contributed by atoms with Crippen molar-refractivity contribution in [2.75, 3.05) is 31.1 Å². The van der Waals surface area contributed by atoms with Gasteiger partial charge in [0, 0.05) is 24.7 Å². The molecule has 0 spiro atoms. The van der Waals surface area contributed by atoms with Crippen LogP contribution in [0.2, 0.25) is 0 Å². The van der Waals surface area contributed by atoms with Crippen LogP contribution in [0.15, 0.2) is 61.2 Å². The van der Waals surface area contributed by atoms with E-state index in [9.17, 15) is 0 Å². The summed E-state index contributed by atoms with van der Waals surface area (Å²) in [5.74, 6) is 3.19. The molecule has 7 nitrogen and oxygen atoms in total. The van der Waals surface area contributed by atoms with Crippen molar-refractivity contribution in [1.82, 2.24) is 9.97 Å². The van der Waals surface area contributed by atoms with Crippen molar-refractivity contribution in [3.63, 3.8) is 0 Å². The molecule has 4 rings (SSSR count). The predicted molar refractivity (Wildman–Crippen MR) is 112 cm³/mol. The fraction of sp³-hybridized carbons (Fsp3) is 0.182. The first-order chi connectivity index (χ1) is 14.2. The molecule has 3 aromatic rings. The van der Waals surface area contributed by atoms with Crippen LogP contribution in [-0.2, 0) is 6.54 Å². The lowest BCUT2D eigenvalue weighted by Crippen LogP contribution is -2.24. The quantitative estimate of drug-likeness (QED) is 0.617. The Morgan fingerprint density at radius 2 is 2.00 bits per heavy atom. The molecule has 148 valence electrons. The zero-order valence-corrected chi connectivity index (χ0v) is 16.2. The van der Waals surface area contributed by atoms with E-state index >= 15 is 0 Å². The van der Waals surface area contributed by atoms with Crippen LogP contribution < -0.4 is 24.8 Å². The van der Waals surface area contributed by atoms with E-state index < -0.39 is 0 Å². The van der Waals surface area contributed by atoms with Crippen molar-refractivity contribution in [3.05, 3.63) is 66.7 Å². The lowest BCUT2D eigenvalue weighted by molar-refractivity contribution is 0.174. The first-order valence-electron chi connectivity index (χ1n) is 9.19. The van der Waals surface area contributed by atoms with Gasteiger partial charge in [0.25, 0.3) is 0 Å². The molecule has 0 saturated carbocycles. The smallest absolute Gasteiger partial charge is 0.231 e. The first kappa shape index (κ1) is 18.6. The largest absolute Gasteiger partial charge is 0.497 e. The van der Waals surface area contributed by atoms with Crippen LogP contribution in [0, 0.1) is 0 Å².